The van der Waals surface area contributed by atoms with Gasteiger partial charge in [0.05, 0.1) is 11.6 Å². The van der Waals surface area contributed by atoms with Crippen LogP contribution in [-0.4, -0.2) is 23.9 Å². The Morgan fingerprint density at radius 2 is 1.78 bits per heavy atom. The molecule has 0 N–H and O–H groups in total. The molecule has 1 aromatic carbocycles. The van der Waals surface area contributed by atoms with E-state index in [0.717, 1.165) is 0 Å². The molecule has 0 radical (unpaired) electrons. The molecular formula is C15H20N2O. The summed E-state index contributed by atoms with van der Waals surface area (Å²) in [5.74, 6) is -0.0121. The van der Waals surface area contributed by atoms with Gasteiger partial charge >= 0.3 is 0 Å². The quantitative estimate of drug-likeness (QED) is 0.802. The van der Waals surface area contributed by atoms with E-state index in [1.165, 1.54) is 0 Å². The molecule has 0 saturated heterocycles. The summed E-state index contributed by atoms with van der Waals surface area (Å²) in [7, 11) is 1.82. The first kappa shape index (κ1) is 14.2. The van der Waals surface area contributed by atoms with Gasteiger partial charge in [-0.05, 0) is 36.6 Å². The molecule has 1 rings (SSSR count). The second-order valence-corrected chi connectivity index (χ2v) is 5.65. The van der Waals surface area contributed by atoms with Crippen LogP contribution < -0.4 is 0 Å². The van der Waals surface area contributed by atoms with Crippen molar-refractivity contribution in [2.24, 2.45) is 5.41 Å². The van der Waals surface area contributed by atoms with E-state index < -0.39 is 0 Å². The van der Waals surface area contributed by atoms with Gasteiger partial charge in [0.15, 0.2) is 0 Å². The fourth-order valence-electron chi connectivity index (χ4n) is 1.65. The van der Waals surface area contributed by atoms with Crippen LogP contribution in [0.3, 0.4) is 0 Å². The van der Waals surface area contributed by atoms with Crippen LogP contribution >= 0.6 is 0 Å². The number of rotatable bonds is 2. The molecule has 3 heteroatoms. The van der Waals surface area contributed by atoms with Gasteiger partial charge < -0.3 is 4.90 Å². The monoisotopic (exact) mass is 244 g/mol. The van der Waals surface area contributed by atoms with Crippen molar-refractivity contribution in [1.82, 2.24) is 4.90 Å². The van der Waals surface area contributed by atoms with Crippen LogP contribution in [-0.2, 0) is 0 Å². The molecule has 0 heterocycles. The maximum absolute atomic E-state index is 12.3. The molecular weight excluding hydrogens is 224 g/mol. The molecule has 0 saturated carbocycles. The van der Waals surface area contributed by atoms with Crippen molar-refractivity contribution in [2.45, 2.75) is 33.7 Å². The van der Waals surface area contributed by atoms with E-state index in [9.17, 15) is 4.79 Å². The molecule has 3 nitrogen and oxygen atoms in total. The third-order valence-corrected chi connectivity index (χ3v) is 3.42. The van der Waals surface area contributed by atoms with E-state index in [1.807, 2.05) is 20.0 Å². The zero-order valence-corrected chi connectivity index (χ0v) is 11.7. The molecule has 0 spiro atoms. The molecule has 0 aliphatic rings. The zero-order valence-electron chi connectivity index (χ0n) is 11.7. The summed E-state index contributed by atoms with van der Waals surface area (Å²) in [5, 5.41) is 8.73. The lowest BCUT2D eigenvalue weighted by atomic mass is 9.87. The number of carbonyl (C=O) groups is 1. The van der Waals surface area contributed by atoms with Crippen LogP contribution in [0.25, 0.3) is 0 Å². The van der Waals surface area contributed by atoms with Crippen molar-refractivity contribution in [3.05, 3.63) is 35.4 Å². The third-order valence-electron chi connectivity index (χ3n) is 3.42. The van der Waals surface area contributed by atoms with Crippen LogP contribution in [0.2, 0.25) is 0 Å². The average molecular weight is 244 g/mol. The van der Waals surface area contributed by atoms with Crippen molar-refractivity contribution >= 4 is 5.91 Å². The largest absolute Gasteiger partial charge is 0.338 e. The Kier molecular flexibility index (Phi) is 4.13. The highest BCUT2D eigenvalue weighted by Crippen LogP contribution is 2.24. The molecule has 18 heavy (non-hydrogen) atoms. The topological polar surface area (TPSA) is 44.1 Å². The second kappa shape index (κ2) is 5.22. The van der Waals surface area contributed by atoms with E-state index >= 15 is 0 Å². The maximum atomic E-state index is 12.3. The van der Waals surface area contributed by atoms with Crippen LogP contribution in [0.1, 0.15) is 43.6 Å². The summed E-state index contributed by atoms with van der Waals surface area (Å²) in [6.45, 7) is 8.38. The summed E-state index contributed by atoms with van der Waals surface area (Å²) < 4.78 is 0. The number of carbonyl (C=O) groups excluding carboxylic acids is 1. The van der Waals surface area contributed by atoms with Crippen molar-refractivity contribution in [3.63, 3.8) is 0 Å². The first-order valence-corrected chi connectivity index (χ1v) is 6.04. The summed E-state index contributed by atoms with van der Waals surface area (Å²) in [4.78, 5) is 14.0. The molecule has 1 aromatic rings. The number of hydrogen-bond donors (Lipinski definition) is 0. The highest BCUT2D eigenvalue weighted by Gasteiger charge is 2.27. The Labute approximate surface area is 109 Å². The van der Waals surface area contributed by atoms with Gasteiger partial charge in [-0.25, -0.2) is 0 Å². The van der Waals surface area contributed by atoms with Gasteiger partial charge in [-0.2, -0.15) is 5.26 Å². The first-order valence-electron chi connectivity index (χ1n) is 6.04. The predicted octanol–water partition coefficient (Wildman–Crippen LogP) is 3.06. The molecule has 0 aliphatic heterocycles. The standard InChI is InChI=1S/C15H20N2O/c1-11(15(2,3)4)17(5)14(18)13-8-6-12(10-16)7-9-13/h6-9,11H,1-5H3. The summed E-state index contributed by atoms with van der Waals surface area (Å²) in [6.07, 6.45) is 0. The van der Waals surface area contributed by atoms with Gasteiger partial charge in [0.1, 0.15) is 0 Å². The van der Waals surface area contributed by atoms with Gasteiger partial charge in [-0.15, -0.1) is 0 Å². The Bertz CT molecular complexity index is 463. The Morgan fingerprint density at radius 1 is 1.28 bits per heavy atom. The van der Waals surface area contributed by atoms with Gasteiger partial charge in [0, 0.05) is 18.7 Å². The zero-order chi connectivity index (χ0) is 13.9. The molecule has 1 amide bonds. The fraction of sp³-hybridized carbons (Fsp3) is 0.467. The molecule has 0 fully saturated rings. The van der Waals surface area contributed by atoms with E-state index in [4.69, 9.17) is 5.26 Å². The van der Waals surface area contributed by atoms with E-state index in [1.54, 1.807) is 29.2 Å². The number of hydrogen-bond acceptors (Lipinski definition) is 2. The molecule has 1 unspecified atom stereocenters. The van der Waals surface area contributed by atoms with E-state index in [0.29, 0.717) is 11.1 Å². The van der Waals surface area contributed by atoms with Crippen molar-refractivity contribution in [3.8, 4) is 6.07 Å². The smallest absolute Gasteiger partial charge is 0.253 e. The Morgan fingerprint density at radius 3 is 2.17 bits per heavy atom. The van der Waals surface area contributed by atoms with E-state index in [-0.39, 0.29) is 17.4 Å². The number of nitrogens with zero attached hydrogens (tertiary/aromatic N) is 2. The molecule has 0 aliphatic carbocycles. The number of benzene rings is 1. The second-order valence-electron chi connectivity index (χ2n) is 5.65. The van der Waals surface area contributed by atoms with Gasteiger partial charge in [-0.3, -0.25) is 4.79 Å². The normalized spacial score (nSPS) is 12.7. The van der Waals surface area contributed by atoms with Crippen LogP contribution in [0, 0.1) is 16.7 Å². The minimum Gasteiger partial charge on any atom is -0.338 e. The minimum atomic E-state index is -0.0121. The lowest BCUT2D eigenvalue weighted by Crippen LogP contribution is -2.42. The third kappa shape index (κ3) is 3.10. The number of nitriles is 1. The molecule has 0 bridgehead atoms. The molecule has 1 atom stereocenters. The van der Waals surface area contributed by atoms with Gasteiger partial charge in [0.2, 0.25) is 0 Å². The SMILES string of the molecule is CC(N(C)C(=O)c1ccc(C#N)cc1)C(C)(C)C. The van der Waals surface area contributed by atoms with Crippen molar-refractivity contribution in [1.29, 1.82) is 5.26 Å². The van der Waals surface area contributed by atoms with Crippen LogP contribution in [0.4, 0.5) is 0 Å². The highest BCUT2D eigenvalue weighted by atomic mass is 16.2. The first-order chi connectivity index (χ1) is 8.27. The molecule has 96 valence electrons. The predicted molar refractivity (Wildman–Crippen MR) is 72.2 cm³/mol. The minimum absolute atomic E-state index is 0.0121. The Hall–Kier alpha value is -1.82. The maximum Gasteiger partial charge on any atom is 0.253 e. The summed E-state index contributed by atoms with van der Waals surface area (Å²) >= 11 is 0. The van der Waals surface area contributed by atoms with Crippen LogP contribution in [0.15, 0.2) is 24.3 Å². The number of amides is 1. The fourth-order valence-corrected chi connectivity index (χ4v) is 1.65. The van der Waals surface area contributed by atoms with Gasteiger partial charge in [0.25, 0.3) is 5.91 Å². The Balaban J connectivity index is 2.90. The molecule has 0 aromatic heterocycles. The van der Waals surface area contributed by atoms with Gasteiger partial charge in [-0.1, -0.05) is 20.8 Å². The summed E-state index contributed by atoms with van der Waals surface area (Å²) in [6, 6.07) is 8.93. The van der Waals surface area contributed by atoms with E-state index in [2.05, 4.69) is 20.8 Å². The highest BCUT2D eigenvalue weighted by molar-refractivity contribution is 5.94. The summed E-state index contributed by atoms with van der Waals surface area (Å²) in [5.41, 5.74) is 1.22. The van der Waals surface area contributed by atoms with Crippen LogP contribution in [0.5, 0.6) is 0 Å². The van der Waals surface area contributed by atoms with Crippen molar-refractivity contribution in [2.75, 3.05) is 7.05 Å². The lowest BCUT2D eigenvalue weighted by Gasteiger charge is -2.35. The van der Waals surface area contributed by atoms with Crippen molar-refractivity contribution < 1.29 is 4.79 Å². The lowest BCUT2D eigenvalue weighted by molar-refractivity contribution is 0.0629. The average Bonchev–Trinajstić information content (AvgIpc) is 2.35.